The minimum absolute atomic E-state index is 0.0145. The largest absolute Gasteiger partial charge is 0.378 e. The number of hydrogen-bond acceptors (Lipinski definition) is 9. The van der Waals surface area contributed by atoms with E-state index in [4.69, 9.17) is 19.7 Å². The summed E-state index contributed by atoms with van der Waals surface area (Å²) in [7, 11) is 0. The molecule has 3 aromatic heterocycles. The lowest BCUT2D eigenvalue weighted by molar-refractivity contribution is 0.0992. The number of carbonyl (C=O) groups excluding carboxylic acids is 1. The highest BCUT2D eigenvalue weighted by atomic mass is 16.5. The van der Waals surface area contributed by atoms with E-state index in [-0.39, 0.29) is 12.2 Å². The second-order valence-corrected chi connectivity index (χ2v) is 8.65. The van der Waals surface area contributed by atoms with Crippen molar-refractivity contribution in [2.45, 2.75) is 6.42 Å². The van der Waals surface area contributed by atoms with Gasteiger partial charge >= 0.3 is 0 Å². The Kier molecular flexibility index (Phi) is 6.22. The number of anilines is 3. The van der Waals surface area contributed by atoms with E-state index in [0.717, 1.165) is 22.2 Å². The van der Waals surface area contributed by atoms with Crippen molar-refractivity contribution in [3.63, 3.8) is 0 Å². The molecular formula is C27H24N8O2. The summed E-state index contributed by atoms with van der Waals surface area (Å²) in [4.78, 5) is 33.5. The van der Waals surface area contributed by atoms with Crippen LogP contribution in [0.15, 0.2) is 73.1 Å². The van der Waals surface area contributed by atoms with E-state index in [9.17, 15) is 4.79 Å². The third kappa shape index (κ3) is 5.00. The number of ketones is 1. The van der Waals surface area contributed by atoms with E-state index in [1.54, 1.807) is 24.5 Å². The molecule has 10 nitrogen and oxygen atoms in total. The van der Waals surface area contributed by atoms with Gasteiger partial charge < -0.3 is 15.0 Å². The first kappa shape index (κ1) is 22.7. The maximum atomic E-state index is 12.9. The summed E-state index contributed by atoms with van der Waals surface area (Å²) in [6, 6.07) is 18.8. The van der Waals surface area contributed by atoms with E-state index < -0.39 is 0 Å². The summed E-state index contributed by atoms with van der Waals surface area (Å²) in [6.07, 6.45) is 3.69. The van der Waals surface area contributed by atoms with Crippen LogP contribution in [0.25, 0.3) is 22.3 Å². The van der Waals surface area contributed by atoms with Crippen molar-refractivity contribution in [2.75, 3.05) is 36.5 Å². The number of rotatable bonds is 7. The molecule has 1 fully saturated rings. The molecule has 10 heteroatoms. The summed E-state index contributed by atoms with van der Waals surface area (Å²) in [6.45, 7) is 2.61. The fourth-order valence-corrected chi connectivity index (χ4v) is 4.28. The molecule has 1 aliphatic heterocycles. The molecule has 4 heterocycles. The number of H-pyrrole nitrogens is 1. The Morgan fingerprint density at radius 1 is 1.00 bits per heavy atom. The molecule has 0 atom stereocenters. The van der Waals surface area contributed by atoms with Crippen molar-refractivity contribution in [1.29, 1.82) is 0 Å². The average molecular weight is 493 g/mol. The number of morpholine rings is 1. The van der Waals surface area contributed by atoms with E-state index in [1.807, 2.05) is 48.5 Å². The van der Waals surface area contributed by atoms with Gasteiger partial charge in [-0.05, 0) is 30.3 Å². The van der Waals surface area contributed by atoms with Crippen molar-refractivity contribution in [2.24, 2.45) is 0 Å². The molecule has 6 rings (SSSR count). The van der Waals surface area contributed by atoms with Crippen LogP contribution in [0, 0.1) is 0 Å². The van der Waals surface area contributed by atoms with Gasteiger partial charge in [0, 0.05) is 47.2 Å². The van der Waals surface area contributed by atoms with Crippen molar-refractivity contribution < 1.29 is 9.53 Å². The van der Waals surface area contributed by atoms with Gasteiger partial charge in [0.1, 0.15) is 0 Å². The molecule has 0 unspecified atom stereocenters. The second-order valence-electron chi connectivity index (χ2n) is 8.65. The molecule has 0 radical (unpaired) electrons. The Balaban J connectivity index is 1.33. The molecular weight excluding hydrogens is 468 g/mol. The highest BCUT2D eigenvalue weighted by Crippen LogP contribution is 2.28. The summed E-state index contributed by atoms with van der Waals surface area (Å²) in [5, 5.41) is 11.4. The molecule has 2 N–H and O–H groups in total. The molecule has 1 saturated heterocycles. The molecule has 2 aromatic carbocycles. The first-order valence-electron chi connectivity index (χ1n) is 12.0. The third-order valence-corrected chi connectivity index (χ3v) is 6.15. The number of hydrogen-bond donors (Lipinski definition) is 2. The molecule has 1 aliphatic rings. The SMILES string of the molecule is O=C(Cc1ccccn1)c1cccc(Nc2nc(-c3cccc4[nH]ncc34)nc(N3CCOCC3)n2)c1. The second kappa shape index (κ2) is 10.1. The van der Waals surface area contributed by atoms with Crippen LogP contribution in [0.5, 0.6) is 0 Å². The molecule has 5 aromatic rings. The minimum Gasteiger partial charge on any atom is -0.378 e. The molecule has 0 saturated carbocycles. The number of nitrogens with zero attached hydrogens (tertiary/aromatic N) is 6. The van der Waals surface area contributed by atoms with Crippen molar-refractivity contribution in [1.82, 2.24) is 30.1 Å². The van der Waals surface area contributed by atoms with Gasteiger partial charge in [-0.15, -0.1) is 0 Å². The van der Waals surface area contributed by atoms with Crippen LogP contribution in [-0.4, -0.2) is 62.2 Å². The number of fused-ring (bicyclic) bond motifs is 1. The van der Waals surface area contributed by atoms with Gasteiger partial charge in [0.05, 0.1) is 31.3 Å². The van der Waals surface area contributed by atoms with E-state index >= 15 is 0 Å². The number of pyridine rings is 1. The van der Waals surface area contributed by atoms with Gasteiger partial charge in [0.25, 0.3) is 0 Å². The lowest BCUT2D eigenvalue weighted by atomic mass is 10.1. The van der Waals surface area contributed by atoms with Crippen molar-refractivity contribution in [3.05, 3.63) is 84.3 Å². The summed E-state index contributed by atoms with van der Waals surface area (Å²) >= 11 is 0. The Morgan fingerprint density at radius 3 is 2.76 bits per heavy atom. The van der Waals surface area contributed by atoms with E-state index in [2.05, 4.69) is 25.4 Å². The Bertz CT molecular complexity index is 1550. The van der Waals surface area contributed by atoms with Gasteiger partial charge in [0.15, 0.2) is 11.6 Å². The van der Waals surface area contributed by atoms with Gasteiger partial charge in [0.2, 0.25) is 11.9 Å². The fourth-order valence-electron chi connectivity index (χ4n) is 4.28. The van der Waals surface area contributed by atoms with Crippen molar-refractivity contribution >= 4 is 34.3 Å². The molecule has 0 amide bonds. The maximum Gasteiger partial charge on any atom is 0.232 e. The highest BCUT2D eigenvalue weighted by Gasteiger charge is 2.19. The van der Waals surface area contributed by atoms with Gasteiger partial charge in [-0.3, -0.25) is 14.9 Å². The van der Waals surface area contributed by atoms with E-state index in [1.165, 1.54) is 0 Å². The lowest BCUT2D eigenvalue weighted by Crippen LogP contribution is -2.37. The Morgan fingerprint density at radius 2 is 1.89 bits per heavy atom. The van der Waals surface area contributed by atoms with Gasteiger partial charge in [-0.2, -0.15) is 20.1 Å². The summed E-state index contributed by atoms with van der Waals surface area (Å²) < 4.78 is 5.51. The Hall–Kier alpha value is -4.70. The molecule has 0 aliphatic carbocycles. The number of Topliss-reactive ketones (excluding diaryl/α,β-unsaturated/α-hetero) is 1. The standard InChI is InChI=1S/C27H24N8O2/c36-24(16-19-6-1-2-10-28-19)18-5-3-7-20(15-18)30-26-31-25(21-8-4-9-23-22(21)17-29-34-23)32-27(33-26)35-11-13-37-14-12-35/h1-10,15,17H,11-14,16H2,(H,29,34)(H,30,31,32,33). The number of nitrogens with one attached hydrogen (secondary N) is 2. The van der Waals surface area contributed by atoms with Gasteiger partial charge in [-0.1, -0.05) is 30.3 Å². The number of benzene rings is 2. The number of aromatic amines is 1. The lowest BCUT2D eigenvalue weighted by Gasteiger charge is -2.27. The fraction of sp³-hybridized carbons (Fsp3) is 0.185. The smallest absolute Gasteiger partial charge is 0.232 e. The van der Waals surface area contributed by atoms with Crippen LogP contribution in [0.4, 0.5) is 17.6 Å². The first-order chi connectivity index (χ1) is 18.2. The maximum absolute atomic E-state index is 12.9. The van der Waals surface area contributed by atoms with Crippen LogP contribution < -0.4 is 10.2 Å². The number of carbonyl (C=O) groups is 1. The topological polar surface area (TPSA) is 122 Å². The van der Waals surface area contributed by atoms with Crippen LogP contribution in [0.3, 0.4) is 0 Å². The third-order valence-electron chi connectivity index (χ3n) is 6.15. The highest BCUT2D eigenvalue weighted by molar-refractivity contribution is 5.98. The Labute approximate surface area is 212 Å². The molecule has 0 bridgehead atoms. The number of ether oxygens (including phenoxy) is 1. The van der Waals surface area contributed by atoms with Crippen LogP contribution in [0.2, 0.25) is 0 Å². The zero-order valence-electron chi connectivity index (χ0n) is 20.0. The molecule has 184 valence electrons. The molecule has 0 spiro atoms. The van der Waals surface area contributed by atoms with Crippen LogP contribution in [-0.2, 0) is 11.2 Å². The zero-order valence-corrected chi connectivity index (χ0v) is 20.0. The summed E-state index contributed by atoms with van der Waals surface area (Å²) in [5.41, 5.74) is 3.78. The van der Waals surface area contributed by atoms with Gasteiger partial charge in [-0.25, -0.2) is 0 Å². The quantitative estimate of drug-likeness (QED) is 0.327. The molecule has 37 heavy (non-hydrogen) atoms. The minimum atomic E-state index is -0.0145. The van der Waals surface area contributed by atoms with Crippen LogP contribution >= 0.6 is 0 Å². The zero-order chi connectivity index (χ0) is 25.0. The monoisotopic (exact) mass is 492 g/mol. The van der Waals surface area contributed by atoms with E-state index in [0.29, 0.717) is 55.3 Å². The van der Waals surface area contributed by atoms with Crippen LogP contribution in [0.1, 0.15) is 16.1 Å². The summed E-state index contributed by atoms with van der Waals surface area (Å²) in [5.74, 6) is 1.48. The number of aromatic nitrogens is 6. The first-order valence-corrected chi connectivity index (χ1v) is 12.0. The predicted octanol–water partition coefficient (Wildman–Crippen LogP) is 3.82. The average Bonchev–Trinajstić information content (AvgIpc) is 3.43. The normalized spacial score (nSPS) is 13.6. The predicted molar refractivity (Wildman–Crippen MR) is 140 cm³/mol. The van der Waals surface area contributed by atoms with Crippen molar-refractivity contribution in [3.8, 4) is 11.4 Å².